The van der Waals surface area contributed by atoms with Crippen molar-refractivity contribution in [1.29, 1.82) is 0 Å². The van der Waals surface area contributed by atoms with Gasteiger partial charge >= 0.3 is 0 Å². The lowest BCUT2D eigenvalue weighted by atomic mass is 10.2. The van der Waals surface area contributed by atoms with Crippen LogP contribution in [0.1, 0.15) is 29.6 Å². The zero-order valence-electron chi connectivity index (χ0n) is 10.3. The summed E-state index contributed by atoms with van der Waals surface area (Å²) in [6.45, 7) is 0.494. The standard InChI is InChI=1S/C12H16BrN3O3/c13-9-5-4-8(7-10(9)17)12(18)15-6-2-1-3-11(14)16-19/h4-5,7,17,19H,1-3,6H2,(H2,14,16)(H,15,18). The van der Waals surface area contributed by atoms with Gasteiger partial charge in [0.2, 0.25) is 0 Å². The molecule has 0 heterocycles. The minimum atomic E-state index is -0.244. The third-order valence-corrected chi connectivity index (χ3v) is 3.15. The van der Waals surface area contributed by atoms with Crippen LogP contribution in [0.3, 0.4) is 0 Å². The number of phenols is 1. The largest absolute Gasteiger partial charge is 0.507 e. The van der Waals surface area contributed by atoms with Crippen molar-refractivity contribution < 1.29 is 15.1 Å². The smallest absolute Gasteiger partial charge is 0.251 e. The van der Waals surface area contributed by atoms with E-state index >= 15 is 0 Å². The first-order valence-corrected chi connectivity index (χ1v) is 6.57. The summed E-state index contributed by atoms with van der Waals surface area (Å²) in [5.41, 5.74) is 5.72. The second kappa shape index (κ2) is 7.63. The molecule has 1 amide bonds. The van der Waals surface area contributed by atoms with Crippen LogP contribution in [0.4, 0.5) is 0 Å². The fourth-order valence-corrected chi connectivity index (χ4v) is 1.69. The molecule has 1 aromatic rings. The van der Waals surface area contributed by atoms with E-state index in [1.807, 2.05) is 0 Å². The van der Waals surface area contributed by atoms with Gasteiger partial charge in [0.15, 0.2) is 0 Å². The molecule has 0 aliphatic heterocycles. The molecule has 19 heavy (non-hydrogen) atoms. The Bertz CT molecular complexity index is 477. The van der Waals surface area contributed by atoms with Crippen LogP contribution < -0.4 is 11.1 Å². The third-order valence-electron chi connectivity index (χ3n) is 2.48. The number of aromatic hydroxyl groups is 1. The Morgan fingerprint density at radius 1 is 1.42 bits per heavy atom. The van der Waals surface area contributed by atoms with Crippen LogP contribution in [0.2, 0.25) is 0 Å². The SMILES string of the molecule is N/C(CCCCNC(=O)c1ccc(Br)c(O)c1)=N/O. The number of nitrogens with two attached hydrogens (primary N) is 1. The van der Waals surface area contributed by atoms with E-state index in [0.29, 0.717) is 23.0 Å². The number of nitrogens with zero attached hydrogens (tertiary/aromatic N) is 1. The highest BCUT2D eigenvalue weighted by atomic mass is 79.9. The molecule has 1 rings (SSSR count). The monoisotopic (exact) mass is 329 g/mol. The van der Waals surface area contributed by atoms with Crippen LogP contribution in [0.5, 0.6) is 5.75 Å². The van der Waals surface area contributed by atoms with E-state index in [0.717, 1.165) is 12.8 Å². The van der Waals surface area contributed by atoms with Crippen molar-refractivity contribution in [2.24, 2.45) is 10.9 Å². The van der Waals surface area contributed by atoms with Gasteiger partial charge in [-0.3, -0.25) is 4.79 Å². The highest BCUT2D eigenvalue weighted by molar-refractivity contribution is 9.10. The quantitative estimate of drug-likeness (QED) is 0.210. The Kier molecular flexibility index (Phi) is 6.14. The zero-order chi connectivity index (χ0) is 14.3. The molecule has 104 valence electrons. The fourth-order valence-electron chi connectivity index (χ4n) is 1.44. The maximum absolute atomic E-state index is 11.7. The summed E-state index contributed by atoms with van der Waals surface area (Å²) in [7, 11) is 0. The molecule has 0 radical (unpaired) electrons. The van der Waals surface area contributed by atoms with Crippen molar-refractivity contribution in [2.45, 2.75) is 19.3 Å². The number of rotatable bonds is 6. The summed E-state index contributed by atoms with van der Waals surface area (Å²) in [4.78, 5) is 11.7. The summed E-state index contributed by atoms with van der Waals surface area (Å²) in [6.07, 6.45) is 1.94. The second-order valence-electron chi connectivity index (χ2n) is 3.97. The van der Waals surface area contributed by atoms with E-state index < -0.39 is 0 Å². The fraction of sp³-hybridized carbons (Fsp3) is 0.333. The van der Waals surface area contributed by atoms with Crippen LogP contribution in [-0.2, 0) is 0 Å². The van der Waals surface area contributed by atoms with Crippen molar-refractivity contribution in [2.75, 3.05) is 6.54 Å². The number of carbonyl (C=O) groups excluding carboxylic acids is 1. The van der Waals surface area contributed by atoms with E-state index in [1.54, 1.807) is 12.1 Å². The van der Waals surface area contributed by atoms with Gasteiger partial charge < -0.3 is 21.4 Å². The van der Waals surface area contributed by atoms with Gasteiger partial charge in [0.05, 0.1) is 4.47 Å². The molecule has 0 atom stereocenters. The number of unbranched alkanes of at least 4 members (excludes halogenated alkanes) is 1. The number of amides is 1. The first-order chi connectivity index (χ1) is 9.04. The molecular weight excluding hydrogens is 314 g/mol. The minimum absolute atomic E-state index is 0.0274. The third kappa shape index (κ3) is 5.17. The molecule has 0 fully saturated rings. The second-order valence-corrected chi connectivity index (χ2v) is 4.82. The number of amidine groups is 1. The van der Waals surface area contributed by atoms with Crippen LogP contribution in [0, 0.1) is 0 Å². The van der Waals surface area contributed by atoms with Crippen LogP contribution in [0.15, 0.2) is 27.8 Å². The summed E-state index contributed by atoms with van der Waals surface area (Å²) >= 11 is 3.15. The predicted octanol–water partition coefficient (Wildman–Crippen LogP) is 1.80. The molecule has 6 nitrogen and oxygen atoms in total. The van der Waals surface area contributed by atoms with Crippen molar-refractivity contribution in [3.05, 3.63) is 28.2 Å². The predicted molar refractivity (Wildman–Crippen MR) is 75.4 cm³/mol. The van der Waals surface area contributed by atoms with Gasteiger partial charge in [0.1, 0.15) is 11.6 Å². The number of halogens is 1. The number of phenolic OH excluding ortho intramolecular Hbond substituents is 1. The molecule has 0 aromatic heterocycles. The van der Waals surface area contributed by atoms with Crippen molar-refractivity contribution >= 4 is 27.7 Å². The van der Waals surface area contributed by atoms with Gasteiger partial charge in [-0.1, -0.05) is 5.16 Å². The highest BCUT2D eigenvalue weighted by Gasteiger charge is 2.07. The number of hydrogen-bond acceptors (Lipinski definition) is 4. The number of nitrogens with one attached hydrogen (secondary N) is 1. The van der Waals surface area contributed by atoms with Crippen molar-refractivity contribution in [3.63, 3.8) is 0 Å². The van der Waals surface area contributed by atoms with E-state index in [9.17, 15) is 9.90 Å². The maximum Gasteiger partial charge on any atom is 0.251 e. The van der Waals surface area contributed by atoms with Gasteiger partial charge in [0.25, 0.3) is 5.91 Å². The molecule has 5 N–H and O–H groups in total. The highest BCUT2D eigenvalue weighted by Crippen LogP contribution is 2.24. The molecule has 1 aromatic carbocycles. The molecule has 7 heteroatoms. The Hall–Kier alpha value is -1.76. The van der Waals surface area contributed by atoms with Gasteiger partial charge in [-0.15, -0.1) is 0 Å². The first kappa shape index (κ1) is 15.3. The van der Waals surface area contributed by atoms with Gasteiger partial charge in [0, 0.05) is 18.5 Å². The lowest BCUT2D eigenvalue weighted by Gasteiger charge is -2.06. The molecule has 0 aliphatic rings. The van der Waals surface area contributed by atoms with Crippen LogP contribution >= 0.6 is 15.9 Å². The number of carbonyl (C=O) groups is 1. The van der Waals surface area contributed by atoms with E-state index in [1.165, 1.54) is 6.07 Å². The number of hydrogen-bond donors (Lipinski definition) is 4. The molecule has 0 bridgehead atoms. The molecule has 0 saturated carbocycles. The van der Waals surface area contributed by atoms with Gasteiger partial charge in [-0.25, -0.2) is 0 Å². The van der Waals surface area contributed by atoms with E-state index in [4.69, 9.17) is 10.9 Å². The average Bonchev–Trinajstić information content (AvgIpc) is 2.40. The van der Waals surface area contributed by atoms with E-state index in [2.05, 4.69) is 26.4 Å². The lowest BCUT2D eigenvalue weighted by Crippen LogP contribution is -2.24. The Morgan fingerprint density at radius 3 is 2.79 bits per heavy atom. The normalized spacial score (nSPS) is 11.3. The average molecular weight is 330 g/mol. The summed E-state index contributed by atoms with van der Waals surface area (Å²) in [6, 6.07) is 4.63. The zero-order valence-corrected chi connectivity index (χ0v) is 11.9. The van der Waals surface area contributed by atoms with Crippen molar-refractivity contribution in [1.82, 2.24) is 5.32 Å². The van der Waals surface area contributed by atoms with Crippen molar-refractivity contribution in [3.8, 4) is 5.75 Å². The Morgan fingerprint density at radius 2 is 2.16 bits per heavy atom. The van der Waals surface area contributed by atoms with Crippen LogP contribution in [-0.4, -0.2) is 28.6 Å². The first-order valence-electron chi connectivity index (χ1n) is 5.77. The Labute approximate surface area is 119 Å². The summed E-state index contributed by atoms with van der Waals surface area (Å²) in [5.74, 6) is -0.0321. The van der Waals surface area contributed by atoms with Gasteiger partial charge in [-0.2, -0.15) is 0 Å². The maximum atomic E-state index is 11.7. The van der Waals surface area contributed by atoms with Gasteiger partial charge in [-0.05, 0) is 47.0 Å². The molecule has 0 aliphatic carbocycles. The molecule has 0 spiro atoms. The summed E-state index contributed by atoms with van der Waals surface area (Å²) < 4.78 is 0.544. The lowest BCUT2D eigenvalue weighted by molar-refractivity contribution is 0.0952. The number of benzene rings is 1. The molecule has 0 saturated heterocycles. The minimum Gasteiger partial charge on any atom is -0.507 e. The van der Waals surface area contributed by atoms with Crippen LogP contribution in [0.25, 0.3) is 0 Å². The number of oxime groups is 1. The van der Waals surface area contributed by atoms with E-state index in [-0.39, 0.29) is 17.5 Å². The molecule has 0 unspecified atom stereocenters. The summed E-state index contributed by atoms with van der Waals surface area (Å²) in [5, 5.41) is 23.4. The topological polar surface area (TPSA) is 108 Å². The Balaban J connectivity index is 2.33. The molecular formula is C12H16BrN3O3.